The third-order valence-electron chi connectivity index (χ3n) is 3.34. The lowest BCUT2D eigenvalue weighted by Crippen LogP contribution is -2.27. The van der Waals surface area contributed by atoms with Crippen LogP contribution in [0.3, 0.4) is 0 Å². The largest absolute Gasteiger partial charge is 0.243 e. The Morgan fingerprint density at radius 1 is 1.04 bits per heavy atom. The van der Waals surface area contributed by atoms with Gasteiger partial charge in [0.2, 0.25) is 10.0 Å². The van der Waals surface area contributed by atoms with Crippen LogP contribution >= 0.6 is 0 Å². The van der Waals surface area contributed by atoms with E-state index in [0.717, 1.165) is 11.1 Å². The van der Waals surface area contributed by atoms with Crippen LogP contribution in [0.4, 0.5) is 0 Å². The first-order chi connectivity index (χ1) is 10.9. The van der Waals surface area contributed by atoms with Gasteiger partial charge in [0.15, 0.2) is 0 Å². The summed E-state index contributed by atoms with van der Waals surface area (Å²) in [7, 11) is -2.02. The lowest BCUT2D eigenvalue weighted by Gasteiger charge is -2.14. The van der Waals surface area contributed by atoms with Gasteiger partial charge in [0, 0.05) is 18.2 Å². The number of rotatable bonds is 3. The fourth-order valence-electron chi connectivity index (χ4n) is 1.94. The first kappa shape index (κ1) is 16.8. The van der Waals surface area contributed by atoms with Crippen molar-refractivity contribution in [2.75, 3.05) is 13.6 Å². The molecule has 0 fully saturated rings. The highest BCUT2D eigenvalue weighted by atomic mass is 32.2. The molecular formula is C19H17NO2S. The highest BCUT2D eigenvalue weighted by molar-refractivity contribution is 7.89. The van der Waals surface area contributed by atoms with Crippen LogP contribution in [0.5, 0.6) is 0 Å². The van der Waals surface area contributed by atoms with Crippen molar-refractivity contribution in [2.45, 2.75) is 11.8 Å². The first-order valence-corrected chi connectivity index (χ1v) is 8.46. The van der Waals surface area contributed by atoms with Gasteiger partial charge in [0.1, 0.15) is 0 Å². The van der Waals surface area contributed by atoms with Crippen LogP contribution in [0, 0.1) is 31.1 Å². The molecule has 0 heterocycles. The van der Waals surface area contributed by atoms with Crippen molar-refractivity contribution >= 4 is 10.0 Å². The molecule has 116 valence electrons. The molecule has 2 aromatic carbocycles. The Morgan fingerprint density at radius 3 is 2.26 bits per heavy atom. The van der Waals surface area contributed by atoms with Crippen molar-refractivity contribution in [2.24, 2.45) is 0 Å². The quantitative estimate of drug-likeness (QED) is 0.815. The van der Waals surface area contributed by atoms with Crippen LogP contribution in [-0.2, 0) is 10.0 Å². The number of terminal acetylenes is 1. The summed E-state index contributed by atoms with van der Waals surface area (Å²) in [5.74, 6) is 8.35. The molecule has 0 amide bonds. The van der Waals surface area contributed by atoms with Crippen LogP contribution in [0.25, 0.3) is 0 Å². The van der Waals surface area contributed by atoms with Gasteiger partial charge in [-0.05, 0) is 31.2 Å². The van der Waals surface area contributed by atoms with Gasteiger partial charge in [-0.25, -0.2) is 8.42 Å². The minimum absolute atomic E-state index is 0.0924. The number of hydrogen-bond donors (Lipinski definition) is 0. The van der Waals surface area contributed by atoms with Gasteiger partial charge in [-0.2, -0.15) is 4.31 Å². The number of aryl methyl sites for hydroxylation is 1. The molecule has 0 N–H and O–H groups in total. The Bertz CT molecular complexity index is 895. The standard InChI is InChI=1S/C19H17NO2S/c1-4-17-8-5-6-9-18(17)10-7-15-20(3)23(21,22)19-13-11-16(2)12-14-19/h1,5-6,8-9,11-14H,15H2,2-3H3. The highest BCUT2D eigenvalue weighted by Crippen LogP contribution is 2.14. The van der Waals surface area contributed by atoms with E-state index in [9.17, 15) is 8.42 Å². The number of benzene rings is 2. The minimum Gasteiger partial charge on any atom is -0.207 e. The van der Waals surface area contributed by atoms with Crippen molar-refractivity contribution in [3.63, 3.8) is 0 Å². The van der Waals surface area contributed by atoms with Crippen molar-refractivity contribution in [3.05, 3.63) is 65.2 Å². The molecule has 0 spiro atoms. The summed E-state index contributed by atoms with van der Waals surface area (Å²) in [5, 5.41) is 0. The number of hydrogen-bond acceptors (Lipinski definition) is 2. The molecule has 0 saturated heterocycles. The van der Waals surface area contributed by atoms with Crippen LogP contribution < -0.4 is 0 Å². The normalized spacial score (nSPS) is 10.7. The lowest BCUT2D eigenvalue weighted by molar-refractivity contribution is 0.503. The molecule has 2 aromatic rings. The van der Waals surface area contributed by atoms with Crippen LogP contribution in [0.2, 0.25) is 0 Å². The molecule has 23 heavy (non-hydrogen) atoms. The lowest BCUT2D eigenvalue weighted by atomic mass is 10.1. The van der Waals surface area contributed by atoms with E-state index in [0.29, 0.717) is 5.56 Å². The van der Waals surface area contributed by atoms with Crippen molar-refractivity contribution in [1.82, 2.24) is 4.31 Å². The summed E-state index contributed by atoms with van der Waals surface area (Å²) in [4.78, 5) is 0.261. The molecule has 0 bridgehead atoms. The molecule has 0 unspecified atom stereocenters. The average Bonchev–Trinajstić information content (AvgIpc) is 2.55. The molecule has 0 aromatic heterocycles. The molecule has 4 heteroatoms. The van der Waals surface area contributed by atoms with Crippen molar-refractivity contribution in [3.8, 4) is 24.2 Å². The second-order valence-electron chi connectivity index (χ2n) is 5.07. The maximum atomic E-state index is 12.4. The third-order valence-corrected chi connectivity index (χ3v) is 5.15. The van der Waals surface area contributed by atoms with E-state index < -0.39 is 10.0 Å². The average molecular weight is 323 g/mol. The van der Waals surface area contributed by atoms with Gasteiger partial charge >= 0.3 is 0 Å². The van der Waals surface area contributed by atoms with Crippen LogP contribution in [0.1, 0.15) is 16.7 Å². The summed E-state index contributed by atoms with van der Waals surface area (Å²) in [5.41, 5.74) is 2.43. The maximum absolute atomic E-state index is 12.4. The molecule has 0 aliphatic rings. The second kappa shape index (κ2) is 7.15. The molecule has 0 aliphatic heterocycles. The van der Waals surface area contributed by atoms with Crippen LogP contribution in [-0.4, -0.2) is 26.3 Å². The minimum atomic E-state index is -3.54. The zero-order chi connectivity index (χ0) is 16.9. The SMILES string of the molecule is C#Cc1ccccc1C#CCN(C)S(=O)(=O)c1ccc(C)cc1. The van der Waals surface area contributed by atoms with E-state index in [1.54, 1.807) is 30.3 Å². The maximum Gasteiger partial charge on any atom is 0.243 e. The molecule has 0 atom stereocenters. The monoisotopic (exact) mass is 323 g/mol. The molecule has 2 rings (SSSR count). The fraction of sp³-hybridized carbons (Fsp3) is 0.158. The Balaban J connectivity index is 2.17. The molecule has 3 nitrogen and oxygen atoms in total. The van der Waals surface area contributed by atoms with Gasteiger partial charge in [-0.15, -0.1) is 6.42 Å². The number of sulfonamides is 1. The summed E-state index contributed by atoms with van der Waals surface area (Å²) in [6.07, 6.45) is 5.42. The Kier molecular flexibility index (Phi) is 5.24. The van der Waals surface area contributed by atoms with Gasteiger partial charge < -0.3 is 0 Å². The predicted octanol–water partition coefficient (Wildman–Crippen LogP) is 2.65. The summed E-state index contributed by atoms with van der Waals surface area (Å²) in [6, 6.07) is 14.1. The summed E-state index contributed by atoms with van der Waals surface area (Å²) >= 11 is 0. The van der Waals surface area contributed by atoms with Gasteiger partial charge in [0.25, 0.3) is 0 Å². The smallest absolute Gasteiger partial charge is 0.207 e. The van der Waals surface area contributed by atoms with Crippen LogP contribution in [0.15, 0.2) is 53.4 Å². The zero-order valence-electron chi connectivity index (χ0n) is 13.1. The summed E-state index contributed by atoms with van der Waals surface area (Å²) < 4.78 is 26.1. The molecule has 0 aliphatic carbocycles. The Hall–Kier alpha value is -2.53. The van der Waals surface area contributed by atoms with E-state index in [4.69, 9.17) is 6.42 Å². The van der Waals surface area contributed by atoms with Gasteiger partial charge in [0.05, 0.1) is 11.4 Å². The summed E-state index contributed by atoms with van der Waals surface area (Å²) in [6.45, 7) is 2.00. The highest BCUT2D eigenvalue weighted by Gasteiger charge is 2.19. The topological polar surface area (TPSA) is 37.4 Å². The number of nitrogens with zero attached hydrogens (tertiary/aromatic N) is 1. The molecule has 0 radical (unpaired) electrons. The van der Waals surface area contributed by atoms with Gasteiger partial charge in [-0.1, -0.05) is 47.6 Å². The Labute approximate surface area is 138 Å². The molecule has 0 saturated carbocycles. The van der Waals surface area contributed by atoms with E-state index in [1.165, 1.54) is 11.4 Å². The van der Waals surface area contributed by atoms with Crippen molar-refractivity contribution in [1.29, 1.82) is 0 Å². The zero-order valence-corrected chi connectivity index (χ0v) is 13.9. The predicted molar refractivity (Wildman–Crippen MR) is 92.2 cm³/mol. The van der Waals surface area contributed by atoms with E-state index in [1.807, 2.05) is 25.1 Å². The Morgan fingerprint density at radius 2 is 1.65 bits per heavy atom. The van der Waals surface area contributed by atoms with E-state index in [2.05, 4.69) is 17.8 Å². The third kappa shape index (κ3) is 4.02. The van der Waals surface area contributed by atoms with E-state index in [-0.39, 0.29) is 11.4 Å². The van der Waals surface area contributed by atoms with Gasteiger partial charge in [-0.3, -0.25) is 0 Å². The second-order valence-corrected chi connectivity index (χ2v) is 7.11. The first-order valence-electron chi connectivity index (χ1n) is 7.02. The van der Waals surface area contributed by atoms with Crippen molar-refractivity contribution < 1.29 is 8.42 Å². The van der Waals surface area contributed by atoms with E-state index >= 15 is 0 Å². The molecular weight excluding hydrogens is 306 g/mol. The fourth-order valence-corrected chi connectivity index (χ4v) is 3.01.